The average Bonchev–Trinajstić information content (AvgIpc) is 2.99. The maximum Gasteiger partial charge on any atom is 0.306 e. The third-order valence-electron chi connectivity index (χ3n) is 3.06. The lowest BCUT2D eigenvalue weighted by Crippen LogP contribution is -2.11. The molecule has 0 aliphatic carbocycles. The van der Waals surface area contributed by atoms with Crippen molar-refractivity contribution in [3.8, 4) is 5.75 Å². The van der Waals surface area contributed by atoms with E-state index in [0.29, 0.717) is 13.0 Å². The average molecular weight is 290 g/mol. The molecule has 1 aromatic heterocycles. The molecule has 0 saturated heterocycles. The molecule has 1 heterocycles. The first kappa shape index (κ1) is 14.6. The number of ether oxygens (including phenoxy) is 2. The molecule has 0 spiro atoms. The number of rotatable bonds is 6. The van der Waals surface area contributed by atoms with Gasteiger partial charge < -0.3 is 9.47 Å². The van der Waals surface area contributed by atoms with Crippen molar-refractivity contribution in [2.24, 2.45) is 0 Å². The summed E-state index contributed by atoms with van der Waals surface area (Å²) in [6.45, 7) is 2.23. The highest BCUT2D eigenvalue weighted by Crippen LogP contribution is 2.33. The zero-order valence-electron chi connectivity index (χ0n) is 11.7. The van der Waals surface area contributed by atoms with Crippen molar-refractivity contribution in [3.05, 3.63) is 52.2 Å². The Balaban J connectivity index is 2.28. The Labute approximate surface area is 123 Å². The number of methoxy groups -OCH3 is 1. The molecule has 3 nitrogen and oxygen atoms in total. The van der Waals surface area contributed by atoms with Crippen LogP contribution in [0.4, 0.5) is 0 Å². The van der Waals surface area contributed by atoms with Gasteiger partial charge >= 0.3 is 5.97 Å². The summed E-state index contributed by atoms with van der Waals surface area (Å²) < 4.78 is 10.3. The summed E-state index contributed by atoms with van der Waals surface area (Å²) in [5.74, 6) is 0.644. The number of hydrogen-bond donors (Lipinski definition) is 0. The molecule has 0 saturated carbocycles. The first-order valence-corrected chi connectivity index (χ1v) is 7.45. The van der Waals surface area contributed by atoms with Gasteiger partial charge in [0.15, 0.2) is 0 Å². The molecule has 2 aromatic rings. The minimum atomic E-state index is -0.172. The second-order valence-electron chi connectivity index (χ2n) is 4.35. The van der Waals surface area contributed by atoms with Crippen LogP contribution in [0, 0.1) is 0 Å². The highest BCUT2D eigenvalue weighted by molar-refractivity contribution is 7.10. The van der Waals surface area contributed by atoms with Crippen molar-refractivity contribution in [1.82, 2.24) is 0 Å². The summed E-state index contributed by atoms with van der Waals surface area (Å²) in [7, 11) is 1.64. The van der Waals surface area contributed by atoms with Crippen molar-refractivity contribution >= 4 is 17.3 Å². The van der Waals surface area contributed by atoms with Crippen LogP contribution in [-0.2, 0) is 9.53 Å². The molecule has 106 valence electrons. The lowest BCUT2D eigenvalue weighted by atomic mass is 9.94. The van der Waals surface area contributed by atoms with Crippen LogP contribution in [0.5, 0.6) is 5.75 Å². The van der Waals surface area contributed by atoms with E-state index in [1.165, 1.54) is 0 Å². The van der Waals surface area contributed by atoms with E-state index in [1.807, 2.05) is 48.7 Å². The van der Waals surface area contributed by atoms with Gasteiger partial charge in [-0.05, 0) is 36.1 Å². The van der Waals surface area contributed by atoms with Crippen LogP contribution >= 0.6 is 11.3 Å². The van der Waals surface area contributed by atoms with E-state index >= 15 is 0 Å². The summed E-state index contributed by atoms with van der Waals surface area (Å²) in [5.41, 5.74) is 1.07. The van der Waals surface area contributed by atoms with Crippen molar-refractivity contribution < 1.29 is 14.3 Å². The van der Waals surface area contributed by atoms with Gasteiger partial charge in [-0.25, -0.2) is 0 Å². The van der Waals surface area contributed by atoms with Gasteiger partial charge in [0, 0.05) is 10.8 Å². The van der Waals surface area contributed by atoms with Gasteiger partial charge in [0.1, 0.15) is 5.75 Å². The van der Waals surface area contributed by atoms with E-state index < -0.39 is 0 Å². The maximum atomic E-state index is 11.8. The predicted molar refractivity (Wildman–Crippen MR) is 80.4 cm³/mol. The minimum absolute atomic E-state index is 0.0177. The number of carbonyl (C=O) groups is 1. The third kappa shape index (κ3) is 3.61. The molecule has 0 radical (unpaired) electrons. The van der Waals surface area contributed by atoms with E-state index in [1.54, 1.807) is 18.4 Å². The Hall–Kier alpha value is -1.81. The highest BCUT2D eigenvalue weighted by Gasteiger charge is 2.20. The molecule has 0 amide bonds. The number of thiophene rings is 1. The molecule has 0 N–H and O–H groups in total. The van der Waals surface area contributed by atoms with Gasteiger partial charge in [-0.3, -0.25) is 4.79 Å². The Morgan fingerprint density at radius 1 is 1.30 bits per heavy atom. The number of benzene rings is 1. The van der Waals surface area contributed by atoms with Gasteiger partial charge in [0.2, 0.25) is 0 Å². The monoisotopic (exact) mass is 290 g/mol. The summed E-state index contributed by atoms with van der Waals surface area (Å²) in [5, 5.41) is 2.02. The summed E-state index contributed by atoms with van der Waals surface area (Å²) in [4.78, 5) is 13.0. The standard InChI is InChI=1S/C16H18O3S/c1-3-19-16(17)11-14(15-8-5-9-20-15)12-6-4-7-13(10-12)18-2/h4-10,14H,3,11H2,1-2H3. The molecule has 4 heteroatoms. The van der Waals surface area contributed by atoms with E-state index in [2.05, 4.69) is 0 Å². The smallest absolute Gasteiger partial charge is 0.306 e. The molecule has 20 heavy (non-hydrogen) atoms. The summed E-state index contributed by atoms with van der Waals surface area (Å²) in [6, 6.07) is 11.9. The topological polar surface area (TPSA) is 35.5 Å². The molecular formula is C16H18O3S. The fourth-order valence-electron chi connectivity index (χ4n) is 2.12. The van der Waals surface area contributed by atoms with Gasteiger partial charge in [-0.2, -0.15) is 0 Å². The third-order valence-corrected chi connectivity index (χ3v) is 4.04. The molecular weight excluding hydrogens is 272 g/mol. The lowest BCUT2D eigenvalue weighted by Gasteiger charge is -2.16. The molecule has 0 fully saturated rings. The van der Waals surface area contributed by atoms with Crippen molar-refractivity contribution in [3.63, 3.8) is 0 Å². The van der Waals surface area contributed by atoms with Gasteiger partial charge in [-0.1, -0.05) is 18.2 Å². The first-order valence-electron chi connectivity index (χ1n) is 6.57. The van der Waals surface area contributed by atoms with Crippen LogP contribution in [0.2, 0.25) is 0 Å². The first-order chi connectivity index (χ1) is 9.74. The quantitative estimate of drug-likeness (QED) is 0.758. The molecule has 0 aliphatic rings. The van der Waals surface area contributed by atoms with E-state index in [-0.39, 0.29) is 11.9 Å². The Kier molecular flexibility index (Phi) is 5.18. The Morgan fingerprint density at radius 2 is 2.15 bits per heavy atom. The normalized spacial score (nSPS) is 11.9. The number of hydrogen-bond acceptors (Lipinski definition) is 4. The SMILES string of the molecule is CCOC(=O)CC(c1cccc(OC)c1)c1cccs1. The fraction of sp³-hybridized carbons (Fsp3) is 0.312. The molecule has 1 unspecified atom stereocenters. The van der Waals surface area contributed by atoms with Crippen molar-refractivity contribution in [2.75, 3.05) is 13.7 Å². The van der Waals surface area contributed by atoms with Crippen LogP contribution in [0.25, 0.3) is 0 Å². The van der Waals surface area contributed by atoms with Crippen LogP contribution < -0.4 is 4.74 Å². The van der Waals surface area contributed by atoms with Crippen LogP contribution in [0.1, 0.15) is 29.7 Å². The van der Waals surface area contributed by atoms with E-state index in [4.69, 9.17) is 9.47 Å². The lowest BCUT2D eigenvalue weighted by molar-refractivity contribution is -0.143. The van der Waals surface area contributed by atoms with Crippen molar-refractivity contribution in [1.29, 1.82) is 0 Å². The molecule has 0 bridgehead atoms. The van der Waals surface area contributed by atoms with Gasteiger partial charge in [0.05, 0.1) is 20.1 Å². The predicted octanol–water partition coefficient (Wildman–Crippen LogP) is 3.84. The largest absolute Gasteiger partial charge is 0.497 e. The van der Waals surface area contributed by atoms with E-state index in [0.717, 1.165) is 16.2 Å². The number of esters is 1. The maximum absolute atomic E-state index is 11.8. The summed E-state index contributed by atoms with van der Waals surface area (Å²) >= 11 is 1.65. The molecule has 0 aliphatic heterocycles. The molecule has 1 aromatic carbocycles. The number of carbonyl (C=O) groups excluding carboxylic acids is 1. The van der Waals surface area contributed by atoms with Crippen LogP contribution in [0.15, 0.2) is 41.8 Å². The van der Waals surface area contributed by atoms with Crippen LogP contribution in [-0.4, -0.2) is 19.7 Å². The fourth-order valence-corrected chi connectivity index (χ4v) is 2.97. The Morgan fingerprint density at radius 3 is 2.80 bits per heavy atom. The summed E-state index contributed by atoms with van der Waals surface area (Å²) in [6.07, 6.45) is 0.349. The second kappa shape index (κ2) is 7.10. The van der Waals surface area contributed by atoms with Crippen LogP contribution in [0.3, 0.4) is 0 Å². The van der Waals surface area contributed by atoms with Crippen molar-refractivity contribution in [2.45, 2.75) is 19.3 Å². The zero-order valence-corrected chi connectivity index (χ0v) is 12.5. The Bertz CT molecular complexity index is 549. The van der Waals surface area contributed by atoms with E-state index in [9.17, 15) is 4.79 Å². The van der Waals surface area contributed by atoms with Gasteiger partial charge in [0.25, 0.3) is 0 Å². The zero-order chi connectivity index (χ0) is 14.4. The molecule has 2 rings (SSSR count). The van der Waals surface area contributed by atoms with Gasteiger partial charge in [-0.15, -0.1) is 11.3 Å². The minimum Gasteiger partial charge on any atom is -0.497 e. The highest BCUT2D eigenvalue weighted by atomic mass is 32.1. The molecule has 1 atom stereocenters. The second-order valence-corrected chi connectivity index (χ2v) is 5.33.